The first-order chi connectivity index (χ1) is 8.65. The van der Waals surface area contributed by atoms with E-state index in [1.54, 1.807) is 6.07 Å². The van der Waals surface area contributed by atoms with E-state index < -0.39 is 0 Å². The fourth-order valence-electron chi connectivity index (χ4n) is 1.70. The van der Waals surface area contributed by atoms with Crippen LogP contribution in [0.1, 0.15) is 30.0 Å². The fraction of sp³-hybridized carbons (Fsp3) is 0.286. The lowest BCUT2D eigenvalue weighted by atomic mass is 10.2. The van der Waals surface area contributed by atoms with Gasteiger partial charge in [0.1, 0.15) is 5.82 Å². The molecule has 0 bridgehead atoms. The van der Waals surface area contributed by atoms with Gasteiger partial charge in [-0.15, -0.1) is 0 Å². The predicted octanol–water partition coefficient (Wildman–Crippen LogP) is 2.77. The van der Waals surface area contributed by atoms with Crippen LogP contribution in [-0.2, 0) is 6.54 Å². The number of nitrogens with one attached hydrogen (secondary N) is 1. The van der Waals surface area contributed by atoms with Gasteiger partial charge in [0.25, 0.3) is 0 Å². The van der Waals surface area contributed by atoms with E-state index in [9.17, 15) is 4.39 Å². The molecular weight excluding hydrogens is 229 g/mol. The highest BCUT2D eigenvalue weighted by Crippen LogP contribution is 2.10. The van der Waals surface area contributed by atoms with E-state index in [0.29, 0.717) is 6.54 Å². The highest BCUT2D eigenvalue weighted by molar-refractivity contribution is 5.12. The lowest BCUT2D eigenvalue weighted by Gasteiger charge is -2.13. The first-order valence-corrected chi connectivity index (χ1v) is 5.92. The third-order valence-corrected chi connectivity index (χ3v) is 2.73. The molecule has 1 unspecified atom stereocenters. The first-order valence-electron chi connectivity index (χ1n) is 5.92. The van der Waals surface area contributed by atoms with Crippen molar-refractivity contribution in [3.8, 4) is 0 Å². The number of hydrogen-bond donors (Lipinski definition) is 1. The number of rotatable bonds is 4. The third kappa shape index (κ3) is 3.34. The Hall–Kier alpha value is -1.81. The summed E-state index contributed by atoms with van der Waals surface area (Å²) >= 11 is 0. The molecule has 4 heteroatoms. The van der Waals surface area contributed by atoms with Gasteiger partial charge in [0.05, 0.1) is 17.6 Å². The van der Waals surface area contributed by atoms with E-state index in [0.717, 1.165) is 17.1 Å². The summed E-state index contributed by atoms with van der Waals surface area (Å²) in [6.45, 7) is 4.63. The van der Waals surface area contributed by atoms with Gasteiger partial charge in [-0.25, -0.2) is 4.39 Å². The molecule has 0 saturated carbocycles. The summed E-state index contributed by atoms with van der Waals surface area (Å²) in [7, 11) is 0. The smallest absolute Gasteiger partial charge is 0.141 e. The molecule has 0 aromatic carbocycles. The van der Waals surface area contributed by atoms with Crippen molar-refractivity contribution in [1.82, 2.24) is 15.3 Å². The van der Waals surface area contributed by atoms with Crippen LogP contribution in [0.2, 0.25) is 0 Å². The van der Waals surface area contributed by atoms with Crippen LogP contribution in [0, 0.1) is 12.7 Å². The second-order valence-corrected chi connectivity index (χ2v) is 4.27. The zero-order valence-corrected chi connectivity index (χ0v) is 10.5. The number of pyridine rings is 2. The van der Waals surface area contributed by atoms with Crippen molar-refractivity contribution < 1.29 is 4.39 Å². The maximum Gasteiger partial charge on any atom is 0.141 e. The van der Waals surface area contributed by atoms with Gasteiger partial charge in [-0.3, -0.25) is 9.97 Å². The Kier molecular flexibility index (Phi) is 3.99. The summed E-state index contributed by atoms with van der Waals surface area (Å²) in [4.78, 5) is 8.46. The van der Waals surface area contributed by atoms with E-state index in [1.165, 1.54) is 12.3 Å². The second-order valence-electron chi connectivity index (χ2n) is 4.27. The molecule has 2 aromatic rings. The Balaban J connectivity index is 1.96. The lowest BCUT2D eigenvalue weighted by Crippen LogP contribution is -2.19. The Morgan fingerprint density at radius 3 is 2.78 bits per heavy atom. The molecule has 0 aliphatic rings. The van der Waals surface area contributed by atoms with Gasteiger partial charge in [0, 0.05) is 18.3 Å². The van der Waals surface area contributed by atoms with Crippen LogP contribution in [0.4, 0.5) is 4.39 Å². The van der Waals surface area contributed by atoms with Gasteiger partial charge in [-0.05, 0) is 38.1 Å². The minimum Gasteiger partial charge on any atom is -0.303 e. The molecule has 1 atom stereocenters. The average molecular weight is 245 g/mol. The first kappa shape index (κ1) is 12.6. The molecule has 0 spiro atoms. The minimum atomic E-state index is -0.314. The van der Waals surface area contributed by atoms with Gasteiger partial charge in [0.2, 0.25) is 0 Å². The molecule has 3 nitrogen and oxygen atoms in total. The van der Waals surface area contributed by atoms with Crippen molar-refractivity contribution in [2.24, 2.45) is 0 Å². The monoisotopic (exact) mass is 245 g/mol. The maximum absolute atomic E-state index is 12.8. The lowest BCUT2D eigenvalue weighted by molar-refractivity contribution is 0.548. The van der Waals surface area contributed by atoms with Gasteiger partial charge < -0.3 is 5.32 Å². The molecule has 94 valence electrons. The average Bonchev–Trinajstić information content (AvgIpc) is 2.37. The number of nitrogens with zero attached hydrogens (tertiary/aromatic N) is 2. The van der Waals surface area contributed by atoms with Gasteiger partial charge in [-0.2, -0.15) is 0 Å². The zero-order valence-electron chi connectivity index (χ0n) is 10.5. The molecule has 1 N–H and O–H groups in total. The van der Waals surface area contributed by atoms with E-state index in [1.807, 2.05) is 32.0 Å². The van der Waals surface area contributed by atoms with E-state index in [2.05, 4.69) is 15.3 Å². The Labute approximate surface area is 106 Å². The molecular formula is C14H16FN3. The number of aromatic nitrogens is 2. The molecule has 2 heterocycles. The van der Waals surface area contributed by atoms with Crippen molar-refractivity contribution in [2.75, 3.05) is 0 Å². The van der Waals surface area contributed by atoms with Gasteiger partial charge in [-0.1, -0.05) is 6.07 Å². The third-order valence-electron chi connectivity index (χ3n) is 2.73. The van der Waals surface area contributed by atoms with Gasteiger partial charge in [0.15, 0.2) is 0 Å². The van der Waals surface area contributed by atoms with Crippen LogP contribution >= 0.6 is 0 Å². The summed E-state index contributed by atoms with van der Waals surface area (Å²) in [5.74, 6) is -0.314. The largest absolute Gasteiger partial charge is 0.303 e. The molecule has 2 aromatic heterocycles. The summed E-state index contributed by atoms with van der Waals surface area (Å²) in [5.41, 5.74) is 2.81. The Morgan fingerprint density at radius 2 is 2.11 bits per heavy atom. The topological polar surface area (TPSA) is 37.8 Å². The van der Waals surface area contributed by atoms with Gasteiger partial charge >= 0.3 is 0 Å². The number of aryl methyl sites for hydroxylation is 1. The fourth-order valence-corrected chi connectivity index (χ4v) is 1.70. The Morgan fingerprint density at radius 1 is 1.28 bits per heavy atom. The second kappa shape index (κ2) is 5.69. The molecule has 0 amide bonds. The van der Waals surface area contributed by atoms with Crippen LogP contribution < -0.4 is 5.32 Å². The van der Waals surface area contributed by atoms with Crippen molar-refractivity contribution >= 4 is 0 Å². The number of hydrogen-bond acceptors (Lipinski definition) is 3. The summed E-state index contributed by atoms with van der Waals surface area (Å²) in [5, 5.41) is 3.31. The summed E-state index contributed by atoms with van der Waals surface area (Å²) in [6, 6.07) is 9.11. The molecule has 0 fully saturated rings. The highest BCUT2D eigenvalue weighted by Gasteiger charge is 2.06. The van der Waals surface area contributed by atoms with E-state index in [4.69, 9.17) is 0 Å². The summed E-state index contributed by atoms with van der Waals surface area (Å²) < 4.78 is 12.8. The summed E-state index contributed by atoms with van der Waals surface area (Å²) in [6.07, 6.45) is 1.23. The molecule has 0 aliphatic carbocycles. The van der Waals surface area contributed by atoms with Crippen LogP contribution in [0.25, 0.3) is 0 Å². The highest BCUT2D eigenvalue weighted by atomic mass is 19.1. The van der Waals surface area contributed by atoms with E-state index >= 15 is 0 Å². The minimum absolute atomic E-state index is 0.0629. The molecule has 0 saturated heterocycles. The standard InChI is InChI=1S/C14H16FN3/c1-10-4-3-5-13(18-10)9-16-11(2)14-7-6-12(15)8-17-14/h3-8,11,16H,9H2,1-2H3. The van der Waals surface area contributed by atoms with Crippen molar-refractivity contribution in [3.63, 3.8) is 0 Å². The quantitative estimate of drug-likeness (QED) is 0.900. The van der Waals surface area contributed by atoms with Crippen LogP contribution in [0.15, 0.2) is 36.5 Å². The van der Waals surface area contributed by atoms with Crippen molar-refractivity contribution in [2.45, 2.75) is 26.4 Å². The molecule has 0 aliphatic heterocycles. The van der Waals surface area contributed by atoms with Crippen LogP contribution in [-0.4, -0.2) is 9.97 Å². The maximum atomic E-state index is 12.8. The van der Waals surface area contributed by atoms with Crippen LogP contribution in [0.5, 0.6) is 0 Å². The SMILES string of the molecule is Cc1cccc(CNC(C)c2ccc(F)cn2)n1. The van der Waals surface area contributed by atoms with Crippen molar-refractivity contribution in [3.05, 3.63) is 59.4 Å². The van der Waals surface area contributed by atoms with Crippen molar-refractivity contribution in [1.29, 1.82) is 0 Å². The normalized spacial score (nSPS) is 12.4. The Bertz CT molecular complexity index is 511. The molecule has 0 radical (unpaired) electrons. The zero-order chi connectivity index (χ0) is 13.0. The predicted molar refractivity (Wildman–Crippen MR) is 68.4 cm³/mol. The molecule has 18 heavy (non-hydrogen) atoms. The van der Waals surface area contributed by atoms with Crippen LogP contribution in [0.3, 0.4) is 0 Å². The molecule has 2 rings (SSSR count). The number of halogens is 1. The van der Waals surface area contributed by atoms with E-state index in [-0.39, 0.29) is 11.9 Å².